The van der Waals surface area contributed by atoms with E-state index in [-0.39, 0.29) is 19.0 Å². The van der Waals surface area contributed by atoms with Gasteiger partial charge in [-0.1, -0.05) is 0 Å². The van der Waals surface area contributed by atoms with Gasteiger partial charge in [0.15, 0.2) is 0 Å². The lowest BCUT2D eigenvalue weighted by Gasteiger charge is -2.35. The maximum Gasteiger partial charge on any atom is 0.241 e. The number of carbonyl (C=O) groups is 1. The van der Waals surface area contributed by atoms with E-state index in [2.05, 4.69) is 0 Å². The molecule has 6 nitrogen and oxygen atoms in total. The number of hydrogen-bond acceptors (Lipinski definition) is 5. The van der Waals surface area contributed by atoms with Crippen LogP contribution in [0.1, 0.15) is 6.42 Å². The summed E-state index contributed by atoms with van der Waals surface area (Å²) < 4.78 is 18.6. The maximum atomic E-state index is 13.6. The van der Waals surface area contributed by atoms with E-state index in [0.29, 0.717) is 13.0 Å². The number of alkyl halides is 1. The number of carbonyl (C=O) groups excluding carboxylic acids is 1. The van der Waals surface area contributed by atoms with Crippen LogP contribution in [0.2, 0.25) is 0 Å². The highest BCUT2D eigenvalue weighted by molar-refractivity contribution is 5.82. The van der Waals surface area contributed by atoms with Crippen LogP contribution in [0, 0.1) is 0 Å². The van der Waals surface area contributed by atoms with Crippen LogP contribution in [0.3, 0.4) is 0 Å². The molecule has 100 valence electrons. The molecule has 0 bridgehead atoms. The van der Waals surface area contributed by atoms with Crippen LogP contribution in [0.5, 0.6) is 0 Å². The highest BCUT2D eigenvalue weighted by atomic mass is 19.1. The Balaban J connectivity index is 2.54. The smallest absolute Gasteiger partial charge is 0.241 e. The summed E-state index contributed by atoms with van der Waals surface area (Å²) in [6.07, 6.45) is -1.16. The molecule has 1 amide bonds. The fourth-order valence-corrected chi connectivity index (χ4v) is 1.89. The largest absolute Gasteiger partial charge is 0.378 e. The molecular weight excluding hydrogens is 227 g/mol. The first-order valence-electron chi connectivity index (χ1n) is 5.68. The number of ether oxygens (including phenoxy) is 1. The lowest BCUT2D eigenvalue weighted by molar-refractivity contribution is -0.138. The van der Waals surface area contributed by atoms with Crippen molar-refractivity contribution in [3.8, 4) is 0 Å². The third-order valence-electron chi connectivity index (χ3n) is 3.11. The molecule has 1 saturated heterocycles. The van der Waals surface area contributed by atoms with Gasteiger partial charge in [-0.3, -0.25) is 4.79 Å². The number of amides is 1. The average molecular weight is 248 g/mol. The number of hydrogen-bond donors (Lipinski definition) is 3. The molecule has 0 saturated carbocycles. The van der Waals surface area contributed by atoms with Gasteiger partial charge >= 0.3 is 0 Å². The summed E-state index contributed by atoms with van der Waals surface area (Å²) >= 11 is 0. The van der Waals surface area contributed by atoms with E-state index >= 15 is 0 Å². The zero-order valence-corrected chi connectivity index (χ0v) is 10.0. The molecule has 1 aliphatic heterocycles. The van der Waals surface area contributed by atoms with Gasteiger partial charge in [0.25, 0.3) is 0 Å². The van der Waals surface area contributed by atoms with E-state index in [1.165, 1.54) is 12.0 Å². The first kappa shape index (κ1) is 14.3. The number of methoxy groups -OCH3 is 1. The molecule has 0 spiro atoms. The maximum absolute atomic E-state index is 13.6. The summed E-state index contributed by atoms with van der Waals surface area (Å²) in [7, 11) is 1.46. The summed E-state index contributed by atoms with van der Waals surface area (Å²) in [5.41, 5.74) is 16.6. The van der Waals surface area contributed by atoms with Gasteiger partial charge in [0.05, 0.1) is 12.6 Å². The van der Waals surface area contributed by atoms with E-state index in [9.17, 15) is 9.18 Å². The van der Waals surface area contributed by atoms with Crippen LogP contribution in [0.15, 0.2) is 0 Å². The number of piperidine rings is 1. The third-order valence-corrected chi connectivity index (χ3v) is 3.11. The average Bonchev–Trinajstić information content (AvgIpc) is 2.35. The fraction of sp³-hybridized carbons (Fsp3) is 0.900. The molecule has 1 aliphatic rings. The van der Waals surface area contributed by atoms with Crippen molar-refractivity contribution in [2.24, 2.45) is 17.2 Å². The minimum Gasteiger partial charge on any atom is -0.378 e. The quantitative estimate of drug-likeness (QED) is 0.543. The van der Waals surface area contributed by atoms with Gasteiger partial charge in [-0.2, -0.15) is 0 Å². The van der Waals surface area contributed by atoms with Crippen molar-refractivity contribution < 1.29 is 13.9 Å². The molecule has 1 fully saturated rings. The summed E-state index contributed by atoms with van der Waals surface area (Å²) in [4.78, 5) is 13.3. The predicted molar refractivity (Wildman–Crippen MR) is 61.9 cm³/mol. The van der Waals surface area contributed by atoms with E-state index in [1.807, 2.05) is 0 Å². The van der Waals surface area contributed by atoms with Gasteiger partial charge in [-0.25, -0.2) is 4.39 Å². The minimum atomic E-state index is -1.18. The highest BCUT2D eigenvalue weighted by Gasteiger charge is 2.34. The zero-order valence-electron chi connectivity index (χ0n) is 10.0. The van der Waals surface area contributed by atoms with Crippen LogP contribution < -0.4 is 17.2 Å². The number of nitrogens with zero attached hydrogens (tertiary/aromatic N) is 1. The number of rotatable bonds is 4. The standard InChI is InChI=1S/C10H21FN4O2/c1-17-8-2-3-15(5-6(8)11)10(16)9(14)7(13)4-12/h6-9H,2-5,12-14H2,1H3/t6-,7?,8+,9?/m1/s1. The van der Waals surface area contributed by atoms with Gasteiger partial charge in [0.2, 0.25) is 5.91 Å². The van der Waals surface area contributed by atoms with E-state index in [0.717, 1.165) is 0 Å². The van der Waals surface area contributed by atoms with E-state index in [4.69, 9.17) is 21.9 Å². The van der Waals surface area contributed by atoms with Crippen LogP contribution in [0.4, 0.5) is 4.39 Å². The molecule has 0 aromatic rings. The summed E-state index contributed by atoms with van der Waals surface area (Å²) in [6, 6.07) is -1.47. The van der Waals surface area contributed by atoms with Crippen molar-refractivity contribution in [2.45, 2.75) is 30.8 Å². The molecule has 17 heavy (non-hydrogen) atoms. The Labute approximate surface area is 100 Å². The van der Waals surface area contributed by atoms with Crippen molar-refractivity contribution in [1.29, 1.82) is 0 Å². The Morgan fingerprint density at radius 2 is 2.24 bits per heavy atom. The van der Waals surface area contributed by atoms with Crippen LogP contribution in [-0.4, -0.2) is 61.9 Å². The Morgan fingerprint density at radius 1 is 1.59 bits per heavy atom. The summed E-state index contributed by atoms with van der Waals surface area (Å²) in [5, 5.41) is 0. The summed E-state index contributed by atoms with van der Waals surface area (Å²) in [5.74, 6) is -0.347. The Bertz CT molecular complexity index is 267. The molecule has 4 atom stereocenters. The van der Waals surface area contributed by atoms with Crippen molar-refractivity contribution >= 4 is 5.91 Å². The number of nitrogens with two attached hydrogens (primary N) is 3. The second kappa shape index (κ2) is 6.25. The predicted octanol–water partition coefficient (Wildman–Crippen LogP) is -1.81. The lowest BCUT2D eigenvalue weighted by Crippen LogP contribution is -2.59. The van der Waals surface area contributed by atoms with Gasteiger partial charge in [0, 0.05) is 26.2 Å². The van der Waals surface area contributed by atoms with Crippen molar-refractivity contribution in [1.82, 2.24) is 4.90 Å². The Hall–Kier alpha value is -0.760. The first-order chi connectivity index (χ1) is 8.01. The normalized spacial score (nSPS) is 28.9. The molecule has 2 unspecified atom stereocenters. The van der Waals surface area contributed by atoms with Gasteiger partial charge < -0.3 is 26.8 Å². The summed E-state index contributed by atoms with van der Waals surface area (Å²) in [6.45, 7) is 0.561. The number of halogens is 1. The Morgan fingerprint density at radius 3 is 2.71 bits per heavy atom. The highest BCUT2D eigenvalue weighted by Crippen LogP contribution is 2.17. The van der Waals surface area contributed by atoms with Gasteiger partial charge in [0.1, 0.15) is 12.2 Å². The van der Waals surface area contributed by atoms with Crippen molar-refractivity contribution in [3.63, 3.8) is 0 Å². The molecule has 1 heterocycles. The van der Waals surface area contributed by atoms with E-state index < -0.39 is 24.4 Å². The molecule has 1 rings (SSSR count). The van der Waals surface area contributed by atoms with E-state index in [1.54, 1.807) is 0 Å². The lowest BCUT2D eigenvalue weighted by atomic mass is 10.0. The molecule has 0 aromatic carbocycles. The topological polar surface area (TPSA) is 108 Å². The molecular formula is C10H21FN4O2. The third kappa shape index (κ3) is 3.35. The molecule has 7 heteroatoms. The molecule has 0 radical (unpaired) electrons. The monoisotopic (exact) mass is 248 g/mol. The van der Waals surface area contributed by atoms with Gasteiger partial charge in [-0.15, -0.1) is 0 Å². The van der Waals surface area contributed by atoms with Crippen molar-refractivity contribution in [3.05, 3.63) is 0 Å². The SMILES string of the molecule is CO[C@H]1CCN(C(=O)C(N)C(N)CN)C[C@H]1F. The Kier molecular flexibility index (Phi) is 5.26. The second-order valence-electron chi connectivity index (χ2n) is 4.29. The minimum absolute atomic E-state index is 0.00231. The van der Waals surface area contributed by atoms with Gasteiger partial charge in [-0.05, 0) is 6.42 Å². The van der Waals surface area contributed by atoms with Crippen LogP contribution in [-0.2, 0) is 9.53 Å². The van der Waals surface area contributed by atoms with Crippen LogP contribution in [0.25, 0.3) is 0 Å². The van der Waals surface area contributed by atoms with Crippen LogP contribution >= 0.6 is 0 Å². The second-order valence-corrected chi connectivity index (χ2v) is 4.29. The molecule has 0 aromatic heterocycles. The zero-order chi connectivity index (χ0) is 13.0. The van der Waals surface area contributed by atoms with Crippen molar-refractivity contribution in [2.75, 3.05) is 26.7 Å². The molecule has 6 N–H and O–H groups in total. The molecule has 0 aliphatic carbocycles. The fourth-order valence-electron chi connectivity index (χ4n) is 1.89. The first-order valence-corrected chi connectivity index (χ1v) is 5.68. The number of likely N-dealkylation sites (tertiary alicyclic amines) is 1.